The summed E-state index contributed by atoms with van der Waals surface area (Å²) in [5.74, 6) is 1.07. The average molecular weight is 208 g/mol. The van der Waals surface area contributed by atoms with Crippen molar-refractivity contribution in [1.82, 2.24) is 0 Å². The minimum Gasteiger partial charge on any atom is -0.496 e. The third-order valence-corrected chi connectivity index (χ3v) is 2.30. The van der Waals surface area contributed by atoms with Gasteiger partial charge in [0, 0.05) is 6.92 Å². The Hall–Kier alpha value is -1.71. The highest BCUT2D eigenvalue weighted by Gasteiger charge is 2.35. The fourth-order valence-corrected chi connectivity index (χ4v) is 1.64. The van der Waals surface area contributed by atoms with Crippen LogP contribution in [0.2, 0.25) is 0 Å². The molecule has 0 aliphatic carbocycles. The van der Waals surface area contributed by atoms with Crippen molar-refractivity contribution in [1.29, 1.82) is 0 Å². The van der Waals surface area contributed by atoms with Crippen molar-refractivity contribution in [3.8, 4) is 11.5 Å². The summed E-state index contributed by atoms with van der Waals surface area (Å²) in [6.45, 7) is 3.28. The topological polar surface area (TPSA) is 44.8 Å². The molecule has 2 rings (SSSR count). The van der Waals surface area contributed by atoms with Gasteiger partial charge in [0.15, 0.2) is 0 Å². The molecule has 1 unspecified atom stereocenters. The molecule has 4 heteroatoms. The van der Waals surface area contributed by atoms with Crippen LogP contribution in [0.1, 0.15) is 24.3 Å². The van der Waals surface area contributed by atoms with Crippen LogP contribution in [0.4, 0.5) is 0 Å². The number of ether oxygens (including phenoxy) is 3. The number of benzene rings is 1. The summed E-state index contributed by atoms with van der Waals surface area (Å²) in [4.78, 5) is 10.8. The van der Waals surface area contributed by atoms with Crippen LogP contribution in [-0.4, -0.2) is 13.1 Å². The number of carbonyl (C=O) groups excluding carboxylic acids is 1. The number of fused-ring (bicyclic) bond motifs is 1. The van der Waals surface area contributed by atoms with E-state index in [2.05, 4.69) is 0 Å². The van der Waals surface area contributed by atoms with E-state index in [1.807, 2.05) is 19.1 Å². The Labute approximate surface area is 87.8 Å². The van der Waals surface area contributed by atoms with E-state index < -0.39 is 6.29 Å². The maximum absolute atomic E-state index is 10.8. The molecule has 80 valence electrons. The van der Waals surface area contributed by atoms with E-state index in [4.69, 9.17) is 14.2 Å². The number of aryl methyl sites for hydroxylation is 1. The van der Waals surface area contributed by atoms with E-state index in [9.17, 15) is 4.79 Å². The lowest BCUT2D eigenvalue weighted by Crippen LogP contribution is -2.25. The Morgan fingerprint density at radius 1 is 1.47 bits per heavy atom. The highest BCUT2D eigenvalue weighted by atomic mass is 16.7. The van der Waals surface area contributed by atoms with Gasteiger partial charge in [-0.25, -0.2) is 0 Å². The molecule has 0 radical (unpaired) electrons. The first-order chi connectivity index (χ1) is 7.13. The zero-order valence-corrected chi connectivity index (χ0v) is 8.87. The molecule has 1 atom stereocenters. The quantitative estimate of drug-likeness (QED) is 0.697. The van der Waals surface area contributed by atoms with Crippen LogP contribution >= 0.6 is 0 Å². The Kier molecular flexibility index (Phi) is 2.26. The molecule has 1 aromatic carbocycles. The van der Waals surface area contributed by atoms with Crippen LogP contribution in [0.15, 0.2) is 12.1 Å². The van der Waals surface area contributed by atoms with Crippen molar-refractivity contribution in [3.05, 3.63) is 23.3 Å². The maximum Gasteiger partial charge on any atom is 0.305 e. The van der Waals surface area contributed by atoms with Crippen LogP contribution in [0.25, 0.3) is 0 Å². The second kappa shape index (κ2) is 3.46. The lowest BCUT2D eigenvalue weighted by atomic mass is 10.0. The van der Waals surface area contributed by atoms with Crippen molar-refractivity contribution >= 4 is 5.97 Å². The average Bonchev–Trinajstić information content (AvgIpc) is 2.16. The zero-order valence-electron chi connectivity index (χ0n) is 8.87. The lowest BCUT2D eigenvalue weighted by Gasteiger charge is -2.31. The fourth-order valence-electron chi connectivity index (χ4n) is 1.64. The largest absolute Gasteiger partial charge is 0.496 e. The van der Waals surface area contributed by atoms with E-state index in [0.29, 0.717) is 5.75 Å². The minimum atomic E-state index is -0.618. The third-order valence-electron chi connectivity index (χ3n) is 2.30. The maximum atomic E-state index is 10.8. The van der Waals surface area contributed by atoms with Gasteiger partial charge in [-0.15, -0.1) is 0 Å². The number of hydrogen-bond donors (Lipinski definition) is 0. The molecule has 4 nitrogen and oxygen atoms in total. The highest BCUT2D eigenvalue weighted by molar-refractivity contribution is 5.67. The molecular weight excluding hydrogens is 196 g/mol. The molecule has 1 aromatic rings. The Bertz CT molecular complexity index is 411. The van der Waals surface area contributed by atoms with E-state index in [0.717, 1.165) is 16.9 Å². The Balaban J connectivity index is 2.34. The summed E-state index contributed by atoms with van der Waals surface area (Å²) >= 11 is 0. The van der Waals surface area contributed by atoms with Gasteiger partial charge >= 0.3 is 5.97 Å². The minimum absolute atomic E-state index is 0.366. The summed E-state index contributed by atoms with van der Waals surface area (Å²) in [5, 5.41) is 0. The molecule has 0 bridgehead atoms. The Morgan fingerprint density at radius 3 is 2.80 bits per heavy atom. The zero-order chi connectivity index (χ0) is 11.0. The smallest absolute Gasteiger partial charge is 0.305 e. The first-order valence-electron chi connectivity index (χ1n) is 4.65. The molecule has 0 aromatic heterocycles. The van der Waals surface area contributed by atoms with Gasteiger partial charge < -0.3 is 14.2 Å². The van der Waals surface area contributed by atoms with Gasteiger partial charge in [0.05, 0.1) is 7.11 Å². The second-order valence-corrected chi connectivity index (χ2v) is 3.39. The third kappa shape index (κ3) is 1.52. The van der Waals surface area contributed by atoms with Crippen LogP contribution in [0.5, 0.6) is 11.5 Å². The number of esters is 1. The van der Waals surface area contributed by atoms with Crippen molar-refractivity contribution < 1.29 is 19.0 Å². The van der Waals surface area contributed by atoms with Crippen molar-refractivity contribution in [2.24, 2.45) is 0 Å². The molecular formula is C11H12O4. The van der Waals surface area contributed by atoms with E-state index >= 15 is 0 Å². The van der Waals surface area contributed by atoms with E-state index in [-0.39, 0.29) is 5.97 Å². The predicted octanol–water partition coefficient (Wildman–Crippen LogP) is 1.96. The number of carbonyl (C=O) groups is 1. The van der Waals surface area contributed by atoms with Crippen LogP contribution < -0.4 is 9.47 Å². The SMILES string of the molecule is COc1c(C)ccc2c1C(OC(C)=O)O2. The van der Waals surface area contributed by atoms with E-state index in [1.165, 1.54) is 6.92 Å². The molecule has 0 fully saturated rings. The van der Waals surface area contributed by atoms with Gasteiger partial charge in [0.25, 0.3) is 6.29 Å². The molecule has 1 aliphatic heterocycles. The van der Waals surface area contributed by atoms with Crippen molar-refractivity contribution in [3.63, 3.8) is 0 Å². The molecule has 0 saturated heterocycles. The van der Waals surface area contributed by atoms with Gasteiger partial charge in [0.2, 0.25) is 0 Å². The number of methoxy groups -OCH3 is 1. The second-order valence-electron chi connectivity index (χ2n) is 3.39. The molecule has 0 N–H and O–H groups in total. The van der Waals surface area contributed by atoms with Gasteiger partial charge in [-0.1, -0.05) is 6.07 Å². The van der Waals surface area contributed by atoms with E-state index in [1.54, 1.807) is 7.11 Å². The molecule has 15 heavy (non-hydrogen) atoms. The normalized spacial score (nSPS) is 17.1. The molecule has 0 amide bonds. The first-order valence-corrected chi connectivity index (χ1v) is 4.65. The molecule has 0 saturated carbocycles. The predicted molar refractivity (Wildman–Crippen MR) is 52.9 cm³/mol. The standard InChI is InChI=1S/C11H12O4/c1-6-4-5-8-9(10(6)13-3)11(15-8)14-7(2)12/h4-5,11H,1-3H3. The molecule has 0 spiro atoms. The van der Waals surface area contributed by atoms with Crippen molar-refractivity contribution in [2.75, 3.05) is 7.11 Å². The van der Waals surface area contributed by atoms with Gasteiger partial charge in [-0.3, -0.25) is 4.79 Å². The van der Waals surface area contributed by atoms with Gasteiger partial charge in [-0.2, -0.15) is 0 Å². The molecule has 1 aliphatic rings. The summed E-state index contributed by atoms with van der Waals surface area (Å²) in [6.07, 6.45) is -0.618. The Morgan fingerprint density at radius 2 is 2.20 bits per heavy atom. The number of rotatable bonds is 2. The summed E-state index contributed by atoms with van der Waals surface area (Å²) in [5.41, 5.74) is 1.81. The van der Waals surface area contributed by atoms with Crippen molar-refractivity contribution in [2.45, 2.75) is 20.1 Å². The summed E-state index contributed by atoms with van der Waals surface area (Å²) in [6, 6.07) is 3.74. The monoisotopic (exact) mass is 208 g/mol. The highest BCUT2D eigenvalue weighted by Crippen LogP contribution is 2.47. The summed E-state index contributed by atoms with van der Waals surface area (Å²) in [7, 11) is 1.59. The number of hydrogen-bond acceptors (Lipinski definition) is 4. The lowest BCUT2D eigenvalue weighted by molar-refractivity contribution is -0.169. The van der Waals surface area contributed by atoms with Gasteiger partial charge in [0.1, 0.15) is 17.1 Å². The fraction of sp³-hybridized carbons (Fsp3) is 0.364. The first kappa shape index (κ1) is 9.83. The van der Waals surface area contributed by atoms with Crippen LogP contribution in [0, 0.1) is 6.92 Å². The van der Waals surface area contributed by atoms with Gasteiger partial charge in [-0.05, 0) is 18.6 Å². The molecule has 1 heterocycles. The van der Waals surface area contributed by atoms with Crippen LogP contribution in [-0.2, 0) is 9.53 Å². The summed E-state index contributed by atoms with van der Waals surface area (Å²) < 4.78 is 15.5. The van der Waals surface area contributed by atoms with Crippen LogP contribution in [0.3, 0.4) is 0 Å².